The third-order valence-electron chi connectivity index (χ3n) is 6.30. The fourth-order valence-corrected chi connectivity index (χ4v) is 5.15. The van der Waals surface area contributed by atoms with Gasteiger partial charge in [-0.05, 0) is 25.0 Å². The number of nitrogens with zero attached hydrogens (tertiary/aromatic N) is 1. The van der Waals surface area contributed by atoms with Gasteiger partial charge in [-0.2, -0.15) is 0 Å². The summed E-state index contributed by atoms with van der Waals surface area (Å²) >= 11 is 0. The van der Waals surface area contributed by atoms with Crippen LogP contribution in [0.2, 0.25) is 0 Å². The number of amides is 1. The minimum Gasteiger partial charge on any atom is -0.463 e. The van der Waals surface area contributed by atoms with Crippen molar-refractivity contribution in [3.8, 4) is 0 Å². The van der Waals surface area contributed by atoms with Gasteiger partial charge in [0, 0.05) is 0 Å². The SMILES string of the molecule is CC(C)OC(=O)[C@H]1[C@H]2C=CC3(CN(C(c4ccccc4)c4ccccc4)C(=O)[C@@H]13)O2. The topological polar surface area (TPSA) is 55.8 Å². The zero-order valence-corrected chi connectivity index (χ0v) is 17.1. The summed E-state index contributed by atoms with van der Waals surface area (Å²) in [7, 11) is 0. The van der Waals surface area contributed by atoms with Crippen LogP contribution in [0, 0.1) is 11.8 Å². The minimum absolute atomic E-state index is 0.0507. The Hall–Kier alpha value is -2.92. The van der Waals surface area contributed by atoms with Gasteiger partial charge < -0.3 is 14.4 Å². The van der Waals surface area contributed by atoms with E-state index in [1.54, 1.807) is 0 Å². The van der Waals surface area contributed by atoms with Crippen LogP contribution in [0.5, 0.6) is 0 Å². The Morgan fingerprint density at radius 3 is 2.23 bits per heavy atom. The highest BCUT2D eigenvalue weighted by molar-refractivity contribution is 5.91. The highest BCUT2D eigenvalue weighted by atomic mass is 16.6. The third kappa shape index (κ3) is 2.88. The van der Waals surface area contributed by atoms with E-state index in [4.69, 9.17) is 9.47 Å². The molecule has 2 fully saturated rings. The van der Waals surface area contributed by atoms with E-state index in [0.29, 0.717) is 6.54 Å². The Morgan fingerprint density at radius 2 is 1.67 bits per heavy atom. The molecule has 5 heteroatoms. The summed E-state index contributed by atoms with van der Waals surface area (Å²) in [6, 6.07) is 19.8. The molecule has 1 amide bonds. The summed E-state index contributed by atoms with van der Waals surface area (Å²) in [6.07, 6.45) is 3.27. The molecule has 1 unspecified atom stereocenters. The van der Waals surface area contributed by atoms with Crippen molar-refractivity contribution in [2.24, 2.45) is 11.8 Å². The number of hydrogen-bond donors (Lipinski definition) is 0. The van der Waals surface area contributed by atoms with E-state index in [-0.39, 0.29) is 30.1 Å². The Balaban J connectivity index is 1.54. The molecule has 5 rings (SSSR count). The number of hydrogen-bond acceptors (Lipinski definition) is 4. The van der Waals surface area contributed by atoms with Crippen LogP contribution in [-0.2, 0) is 19.1 Å². The number of esters is 1. The van der Waals surface area contributed by atoms with Gasteiger partial charge in [0.25, 0.3) is 0 Å². The van der Waals surface area contributed by atoms with Crippen LogP contribution in [0.3, 0.4) is 0 Å². The smallest absolute Gasteiger partial charge is 0.313 e. The average molecular weight is 403 g/mol. The maximum atomic E-state index is 13.8. The minimum atomic E-state index is -0.760. The normalized spacial score (nSPS) is 29.1. The second kappa shape index (κ2) is 7.10. The largest absolute Gasteiger partial charge is 0.463 e. The highest BCUT2D eigenvalue weighted by Crippen LogP contribution is 2.54. The summed E-state index contributed by atoms with van der Waals surface area (Å²) in [5, 5.41) is 0. The number of benzene rings is 2. The van der Waals surface area contributed by atoms with Crippen molar-refractivity contribution in [1.82, 2.24) is 4.90 Å². The zero-order chi connectivity index (χ0) is 20.9. The number of rotatable bonds is 5. The third-order valence-corrected chi connectivity index (χ3v) is 6.30. The van der Waals surface area contributed by atoms with Crippen LogP contribution in [0.15, 0.2) is 72.8 Å². The van der Waals surface area contributed by atoms with Crippen molar-refractivity contribution in [2.45, 2.75) is 37.7 Å². The quantitative estimate of drug-likeness (QED) is 0.566. The van der Waals surface area contributed by atoms with E-state index in [0.717, 1.165) is 11.1 Å². The van der Waals surface area contributed by atoms with Gasteiger partial charge in [0.2, 0.25) is 5.91 Å². The Bertz CT molecular complexity index is 947. The molecular weight excluding hydrogens is 378 g/mol. The predicted octanol–water partition coefficient (Wildman–Crippen LogP) is 3.51. The molecule has 2 saturated heterocycles. The van der Waals surface area contributed by atoms with Gasteiger partial charge in [0.15, 0.2) is 0 Å². The van der Waals surface area contributed by atoms with Gasteiger partial charge in [-0.15, -0.1) is 0 Å². The summed E-state index contributed by atoms with van der Waals surface area (Å²) in [6.45, 7) is 4.06. The van der Waals surface area contributed by atoms with Gasteiger partial charge >= 0.3 is 5.97 Å². The molecule has 3 heterocycles. The fourth-order valence-electron chi connectivity index (χ4n) is 5.15. The molecule has 1 spiro atoms. The van der Waals surface area contributed by atoms with Gasteiger partial charge in [-0.25, -0.2) is 0 Å². The lowest BCUT2D eigenvalue weighted by Gasteiger charge is -2.31. The molecule has 4 atom stereocenters. The molecule has 2 aromatic rings. The first-order valence-corrected chi connectivity index (χ1v) is 10.5. The maximum absolute atomic E-state index is 13.8. The van der Waals surface area contributed by atoms with Gasteiger partial charge in [-0.1, -0.05) is 72.8 Å². The number of fused-ring (bicyclic) bond motifs is 1. The number of carbonyl (C=O) groups excluding carboxylic acids is 2. The monoisotopic (exact) mass is 403 g/mol. The molecule has 154 valence electrons. The van der Waals surface area contributed by atoms with Crippen LogP contribution in [0.4, 0.5) is 0 Å². The Morgan fingerprint density at radius 1 is 1.07 bits per heavy atom. The first-order chi connectivity index (χ1) is 14.5. The van der Waals surface area contributed by atoms with Crippen molar-refractivity contribution >= 4 is 11.9 Å². The van der Waals surface area contributed by atoms with Crippen LogP contribution in [-0.4, -0.2) is 41.1 Å². The van der Waals surface area contributed by atoms with Crippen LogP contribution in [0.25, 0.3) is 0 Å². The van der Waals surface area contributed by atoms with Gasteiger partial charge in [-0.3, -0.25) is 9.59 Å². The second-order valence-corrected chi connectivity index (χ2v) is 8.58. The van der Waals surface area contributed by atoms with Crippen molar-refractivity contribution in [3.05, 3.63) is 83.9 Å². The first kappa shape index (κ1) is 19.1. The van der Waals surface area contributed by atoms with Crippen molar-refractivity contribution in [1.29, 1.82) is 0 Å². The molecule has 0 radical (unpaired) electrons. The number of likely N-dealkylation sites (tertiary alicyclic amines) is 1. The lowest BCUT2D eigenvalue weighted by Crippen LogP contribution is -2.40. The molecular formula is C25H25NO4. The molecule has 3 aliphatic heterocycles. The fraction of sp³-hybridized carbons (Fsp3) is 0.360. The van der Waals surface area contributed by atoms with Crippen molar-refractivity contribution in [2.75, 3.05) is 6.54 Å². The maximum Gasteiger partial charge on any atom is 0.313 e. The zero-order valence-electron chi connectivity index (χ0n) is 17.1. The van der Waals surface area contributed by atoms with Crippen molar-refractivity contribution < 1.29 is 19.1 Å². The van der Waals surface area contributed by atoms with E-state index in [1.807, 2.05) is 91.6 Å². The van der Waals surface area contributed by atoms with Crippen LogP contribution >= 0.6 is 0 Å². The molecule has 0 N–H and O–H groups in total. The van der Waals surface area contributed by atoms with E-state index >= 15 is 0 Å². The molecule has 30 heavy (non-hydrogen) atoms. The van der Waals surface area contributed by atoms with Crippen LogP contribution in [0.1, 0.15) is 31.0 Å². The van der Waals surface area contributed by atoms with E-state index in [1.165, 1.54) is 0 Å². The lowest BCUT2D eigenvalue weighted by atomic mass is 9.77. The van der Waals surface area contributed by atoms with Gasteiger partial charge in [0.05, 0.1) is 30.7 Å². The molecule has 2 aromatic carbocycles. The molecule has 0 aromatic heterocycles. The van der Waals surface area contributed by atoms with Gasteiger partial charge in [0.1, 0.15) is 11.5 Å². The predicted molar refractivity (Wildman–Crippen MR) is 111 cm³/mol. The number of carbonyl (C=O) groups is 2. The summed E-state index contributed by atoms with van der Waals surface area (Å²) in [4.78, 5) is 28.5. The summed E-state index contributed by atoms with van der Waals surface area (Å²) < 4.78 is 11.7. The summed E-state index contributed by atoms with van der Waals surface area (Å²) in [5.74, 6) is -1.54. The van der Waals surface area contributed by atoms with E-state index < -0.39 is 17.4 Å². The average Bonchev–Trinajstić information content (AvgIpc) is 3.38. The summed E-state index contributed by atoms with van der Waals surface area (Å²) in [5.41, 5.74) is 1.31. The molecule has 0 saturated carbocycles. The van der Waals surface area contributed by atoms with E-state index in [9.17, 15) is 9.59 Å². The molecule has 0 aliphatic carbocycles. The van der Waals surface area contributed by atoms with Crippen LogP contribution < -0.4 is 0 Å². The molecule has 3 aliphatic rings. The standard InChI is InChI=1S/C25H25NO4/c1-16(2)29-24(28)20-19-13-14-25(30-19)15-26(23(27)21(20)25)22(17-9-5-3-6-10-17)18-11-7-4-8-12-18/h3-14,16,19-22H,15H2,1-2H3/t19-,20+,21-,25?/m1/s1. The Labute approximate surface area is 176 Å². The molecule has 5 nitrogen and oxygen atoms in total. The first-order valence-electron chi connectivity index (χ1n) is 10.5. The van der Waals surface area contributed by atoms with E-state index in [2.05, 4.69) is 0 Å². The highest BCUT2D eigenvalue weighted by Gasteiger charge is 2.68. The Kier molecular flexibility index (Phi) is 4.51. The number of ether oxygens (including phenoxy) is 2. The lowest BCUT2D eigenvalue weighted by molar-refractivity contribution is -0.157. The second-order valence-electron chi connectivity index (χ2n) is 8.58. The molecule has 2 bridgehead atoms. The van der Waals surface area contributed by atoms with Crippen molar-refractivity contribution in [3.63, 3.8) is 0 Å².